The molecule has 0 aliphatic heterocycles. The van der Waals surface area contributed by atoms with Crippen LogP contribution in [0.1, 0.15) is 6.92 Å². The minimum atomic E-state index is -0.245. The van der Waals surface area contributed by atoms with Gasteiger partial charge in [-0.1, -0.05) is 12.2 Å². The van der Waals surface area contributed by atoms with E-state index in [1.165, 1.54) is 14.0 Å². The summed E-state index contributed by atoms with van der Waals surface area (Å²) in [6.07, 6.45) is 3.79. The fraction of sp³-hybridized carbons (Fsp3) is 0.444. The van der Waals surface area contributed by atoms with Crippen molar-refractivity contribution >= 4 is 17.7 Å². The molecule has 0 aromatic carbocycles. The number of esters is 1. The molecule has 0 fully saturated rings. The Bertz CT molecular complexity index is 124. The molecular weight excluding hydrogens is 172 g/mol. The van der Waals surface area contributed by atoms with E-state index in [-0.39, 0.29) is 5.97 Å². The number of ether oxygens (including phenoxy) is 1. The van der Waals surface area contributed by atoms with Crippen LogP contribution in [0.25, 0.3) is 0 Å². The lowest BCUT2D eigenvalue weighted by atomic mass is 10.8. The molecule has 0 N–H and O–H groups in total. The second-order valence-corrected chi connectivity index (χ2v) is 2.89. The van der Waals surface area contributed by atoms with Crippen molar-refractivity contribution in [3.63, 3.8) is 0 Å². The van der Waals surface area contributed by atoms with Gasteiger partial charge in [-0.15, -0.1) is 13.2 Å². The van der Waals surface area contributed by atoms with Gasteiger partial charge in [-0.25, -0.2) is 0 Å². The molecule has 0 saturated heterocycles. The average Bonchev–Trinajstić information content (AvgIpc) is 2.07. The number of hydrogen-bond acceptors (Lipinski definition) is 3. The predicted octanol–water partition coefficient (Wildman–Crippen LogP) is 2.27. The highest BCUT2D eigenvalue weighted by molar-refractivity contribution is 7.99. The van der Waals surface area contributed by atoms with Gasteiger partial charge in [-0.3, -0.25) is 4.79 Å². The number of rotatable bonds is 4. The second-order valence-electron chi connectivity index (χ2n) is 1.81. The molecule has 0 aliphatic rings. The SMILES string of the molecule is C=CCSCC=C.COC(C)=O. The number of carbonyl (C=O) groups excluding carboxylic acids is 1. The van der Waals surface area contributed by atoms with Gasteiger partial charge in [-0.05, 0) is 0 Å². The average molecular weight is 188 g/mol. The van der Waals surface area contributed by atoms with Crippen LogP contribution in [0.15, 0.2) is 25.3 Å². The van der Waals surface area contributed by atoms with Gasteiger partial charge in [0.2, 0.25) is 0 Å². The Hall–Kier alpha value is -0.700. The van der Waals surface area contributed by atoms with E-state index in [9.17, 15) is 4.79 Å². The Morgan fingerprint density at radius 2 is 1.75 bits per heavy atom. The van der Waals surface area contributed by atoms with Crippen molar-refractivity contribution in [3.8, 4) is 0 Å². The summed E-state index contributed by atoms with van der Waals surface area (Å²) in [5, 5.41) is 0. The van der Waals surface area contributed by atoms with Crippen LogP contribution in [0.2, 0.25) is 0 Å². The topological polar surface area (TPSA) is 26.3 Å². The van der Waals surface area contributed by atoms with E-state index < -0.39 is 0 Å². The van der Waals surface area contributed by atoms with Crippen LogP contribution in [0, 0.1) is 0 Å². The van der Waals surface area contributed by atoms with E-state index >= 15 is 0 Å². The third-order valence-electron chi connectivity index (χ3n) is 0.759. The van der Waals surface area contributed by atoms with Gasteiger partial charge in [-0.2, -0.15) is 11.8 Å². The third-order valence-corrected chi connectivity index (χ3v) is 1.70. The van der Waals surface area contributed by atoms with Crippen LogP contribution in [0.5, 0.6) is 0 Å². The molecule has 0 amide bonds. The van der Waals surface area contributed by atoms with Gasteiger partial charge >= 0.3 is 5.97 Å². The molecule has 0 bridgehead atoms. The van der Waals surface area contributed by atoms with E-state index in [4.69, 9.17) is 0 Å². The molecule has 0 spiro atoms. The zero-order chi connectivity index (χ0) is 9.82. The van der Waals surface area contributed by atoms with Gasteiger partial charge < -0.3 is 4.74 Å². The molecule has 0 aromatic rings. The summed E-state index contributed by atoms with van der Waals surface area (Å²) in [5.74, 6) is 1.82. The summed E-state index contributed by atoms with van der Waals surface area (Å²) < 4.78 is 4.11. The summed E-state index contributed by atoms with van der Waals surface area (Å²) in [5.41, 5.74) is 0. The summed E-state index contributed by atoms with van der Waals surface area (Å²) in [7, 11) is 1.35. The van der Waals surface area contributed by atoms with Gasteiger partial charge in [0.05, 0.1) is 7.11 Å². The second kappa shape index (κ2) is 12.9. The first-order chi connectivity index (χ1) is 5.68. The molecule has 12 heavy (non-hydrogen) atoms. The van der Waals surface area contributed by atoms with Crippen LogP contribution < -0.4 is 0 Å². The van der Waals surface area contributed by atoms with E-state index in [2.05, 4.69) is 17.9 Å². The molecule has 3 heteroatoms. The predicted molar refractivity (Wildman–Crippen MR) is 55.4 cm³/mol. The lowest BCUT2D eigenvalue weighted by Gasteiger charge is -1.85. The Morgan fingerprint density at radius 3 is 1.92 bits per heavy atom. The third kappa shape index (κ3) is 22.8. The first kappa shape index (κ1) is 13.9. The molecule has 0 aromatic heterocycles. The normalized spacial score (nSPS) is 7.50. The maximum absolute atomic E-state index is 9.59. The summed E-state index contributed by atoms with van der Waals surface area (Å²) >= 11 is 1.82. The highest BCUT2D eigenvalue weighted by atomic mass is 32.2. The van der Waals surface area contributed by atoms with Crippen molar-refractivity contribution in [2.75, 3.05) is 18.6 Å². The Balaban J connectivity index is 0. The lowest BCUT2D eigenvalue weighted by molar-refractivity contribution is -0.137. The highest BCUT2D eigenvalue weighted by Crippen LogP contribution is 1.97. The zero-order valence-corrected chi connectivity index (χ0v) is 8.52. The molecule has 0 saturated carbocycles. The molecular formula is C9H16O2S. The zero-order valence-electron chi connectivity index (χ0n) is 7.71. The summed E-state index contributed by atoms with van der Waals surface area (Å²) in [6.45, 7) is 8.52. The minimum absolute atomic E-state index is 0.245. The van der Waals surface area contributed by atoms with Crippen molar-refractivity contribution in [1.82, 2.24) is 0 Å². The first-order valence-corrected chi connectivity index (χ1v) is 4.68. The van der Waals surface area contributed by atoms with Crippen LogP contribution >= 0.6 is 11.8 Å². The van der Waals surface area contributed by atoms with E-state index in [0.29, 0.717) is 0 Å². The number of hydrogen-bond donors (Lipinski definition) is 0. The number of carbonyl (C=O) groups is 1. The molecule has 2 nitrogen and oxygen atoms in total. The molecule has 70 valence electrons. The highest BCUT2D eigenvalue weighted by Gasteiger charge is 1.75. The standard InChI is InChI=1S/C6H10S.C3H6O2/c1-3-5-7-6-4-2;1-3(4)5-2/h3-4H,1-2,5-6H2;1-2H3. The maximum Gasteiger partial charge on any atom is 0.302 e. The fourth-order valence-corrected chi connectivity index (χ4v) is 0.704. The Morgan fingerprint density at radius 1 is 1.42 bits per heavy atom. The van der Waals surface area contributed by atoms with Crippen LogP contribution in [-0.4, -0.2) is 24.6 Å². The minimum Gasteiger partial charge on any atom is -0.469 e. The first-order valence-electron chi connectivity index (χ1n) is 3.53. The van der Waals surface area contributed by atoms with Crippen LogP contribution in [-0.2, 0) is 9.53 Å². The number of thioether (sulfide) groups is 1. The number of methoxy groups -OCH3 is 1. The molecule has 0 radical (unpaired) electrons. The monoisotopic (exact) mass is 188 g/mol. The lowest BCUT2D eigenvalue weighted by Crippen LogP contribution is -1.88. The summed E-state index contributed by atoms with van der Waals surface area (Å²) in [6, 6.07) is 0. The molecule has 0 atom stereocenters. The summed E-state index contributed by atoms with van der Waals surface area (Å²) in [4.78, 5) is 9.59. The van der Waals surface area contributed by atoms with Crippen LogP contribution in [0.4, 0.5) is 0 Å². The van der Waals surface area contributed by atoms with E-state index in [0.717, 1.165) is 11.5 Å². The molecule has 0 heterocycles. The maximum atomic E-state index is 9.59. The van der Waals surface area contributed by atoms with Gasteiger partial charge in [0.15, 0.2) is 0 Å². The molecule has 0 rings (SSSR count). The fourth-order valence-electron chi connectivity index (χ4n) is 0.235. The van der Waals surface area contributed by atoms with Crippen molar-refractivity contribution in [2.45, 2.75) is 6.92 Å². The van der Waals surface area contributed by atoms with Crippen LogP contribution in [0.3, 0.4) is 0 Å². The van der Waals surface area contributed by atoms with Crippen molar-refractivity contribution < 1.29 is 9.53 Å². The Kier molecular flexibility index (Phi) is 14.9. The largest absolute Gasteiger partial charge is 0.469 e. The van der Waals surface area contributed by atoms with Crippen molar-refractivity contribution in [2.24, 2.45) is 0 Å². The molecule has 0 unspecified atom stereocenters. The van der Waals surface area contributed by atoms with Gasteiger partial charge in [0, 0.05) is 18.4 Å². The quantitative estimate of drug-likeness (QED) is 0.384. The Labute approximate surface area is 78.7 Å². The molecule has 0 aliphatic carbocycles. The van der Waals surface area contributed by atoms with Crippen molar-refractivity contribution in [3.05, 3.63) is 25.3 Å². The van der Waals surface area contributed by atoms with E-state index in [1.807, 2.05) is 23.9 Å². The van der Waals surface area contributed by atoms with Gasteiger partial charge in [0.1, 0.15) is 0 Å². The smallest absolute Gasteiger partial charge is 0.302 e. The van der Waals surface area contributed by atoms with Gasteiger partial charge in [0.25, 0.3) is 0 Å². The van der Waals surface area contributed by atoms with Crippen molar-refractivity contribution in [1.29, 1.82) is 0 Å². The van der Waals surface area contributed by atoms with E-state index in [1.54, 1.807) is 0 Å².